The van der Waals surface area contributed by atoms with Crippen LogP contribution in [0.4, 0.5) is 0 Å². The van der Waals surface area contributed by atoms with Crippen LogP contribution < -0.4 is 5.32 Å². The lowest BCUT2D eigenvalue weighted by atomic mass is 10.0. The third-order valence-corrected chi connectivity index (χ3v) is 4.93. The van der Waals surface area contributed by atoms with Crippen molar-refractivity contribution in [1.29, 1.82) is 0 Å². The summed E-state index contributed by atoms with van der Waals surface area (Å²) in [7, 11) is 0. The highest BCUT2D eigenvalue weighted by Gasteiger charge is 2.12. The monoisotopic (exact) mass is 387 g/mol. The van der Waals surface area contributed by atoms with Gasteiger partial charge in [0.25, 0.3) is 0 Å². The molecule has 0 saturated carbocycles. The SMILES string of the molecule is CCNC(Cc1ccc(Br)s1)c1ccc(Br)cc1. The Morgan fingerprint density at radius 3 is 2.39 bits per heavy atom. The lowest BCUT2D eigenvalue weighted by Crippen LogP contribution is -2.22. The first kappa shape index (κ1) is 14.3. The largest absolute Gasteiger partial charge is 0.310 e. The van der Waals surface area contributed by atoms with Crippen LogP contribution in [-0.4, -0.2) is 6.54 Å². The van der Waals surface area contributed by atoms with Crippen molar-refractivity contribution in [3.05, 3.63) is 55.1 Å². The second-order valence-corrected chi connectivity index (χ2v) is 7.53. The Labute approximate surface area is 129 Å². The summed E-state index contributed by atoms with van der Waals surface area (Å²) >= 11 is 8.81. The van der Waals surface area contributed by atoms with E-state index in [1.54, 1.807) is 0 Å². The summed E-state index contributed by atoms with van der Waals surface area (Å²) in [6.07, 6.45) is 1.03. The maximum atomic E-state index is 3.55. The van der Waals surface area contributed by atoms with Gasteiger partial charge in [-0.1, -0.05) is 35.0 Å². The number of halogens is 2. The summed E-state index contributed by atoms with van der Waals surface area (Å²) in [6.45, 7) is 3.13. The number of likely N-dealkylation sites (N-methyl/N-ethyl adjacent to an activating group) is 1. The summed E-state index contributed by atoms with van der Waals surface area (Å²) in [4.78, 5) is 1.40. The van der Waals surface area contributed by atoms with Gasteiger partial charge in [0, 0.05) is 21.8 Å². The van der Waals surface area contributed by atoms with Gasteiger partial charge in [-0.05, 0) is 52.3 Å². The Balaban J connectivity index is 2.14. The summed E-state index contributed by atoms with van der Waals surface area (Å²) in [5.41, 5.74) is 1.34. The van der Waals surface area contributed by atoms with Crippen molar-refractivity contribution < 1.29 is 0 Å². The van der Waals surface area contributed by atoms with E-state index < -0.39 is 0 Å². The molecule has 1 nitrogen and oxygen atoms in total. The highest BCUT2D eigenvalue weighted by molar-refractivity contribution is 9.11. The van der Waals surface area contributed by atoms with Gasteiger partial charge in [-0.25, -0.2) is 0 Å². The van der Waals surface area contributed by atoms with Crippen LogP contribution in [0.2, 0.25) is 0 Å². The Morgan fingerprint density at radius 2 is 1.83 bits per heavy atom. The maximum absolute atomic E-state index is 3.55. The molecular formula is C14H15Br2NS. The van der Waals surface area contributed by atoms with Crippen molar-refractivity contribution in [1.82, 2.24) is 5.32 Å². The first-order valence-electron chi connectivity index (χ1n) is 5.92. The maximum Gasteiger partial charge on any atom is 0.0701 e. The second kappa shape index (κ2) is 6.85. The van der Waals surface area contributed by atoms with Crippen molar-refractivity contribution >= 4 is 43.2 Å². The molecule has 0 saturated heterocycles. The van der Waals surface area contributed by atoms with Crippen LogP contribution in [0.1, 0.15) is 23.4 Å². The summed E-state index contributed by atoms with van der Waals surface area (Å²) < 4.78 is 2.32. The molecule has 0 bridgehead atoms. The van der Waals surface area contributed by atoms with Crippen molar-refractivity contribution in [2.75, 3.05) is 6.54 Å². The van der Waals surface area contributed by atoms with Gasteiger partial charge in [0.2, 0.25) is 0 Å². The van der Waals surface area contributed by atoms with Gasteiger partial charge in [-0.3, -0.25) is 0 Å². The molecule has 2 rings (SSSR count). The highest BCUT2D eigenvalue weighted by atomic mass is 79.9. The minimum Gasteiger partial charge on any atom is -0.310 e. The molecule has 0 aliphatic heterocycles. The predicted octanol–water partition coefficient (Wildman–Crippen LogP) is 5.17. The molecule has 1 unspecified atom stereocenters. The van der Waals surface area contributed by atoms with Crippen molar-refractivity contribution in [2.45, 2.75) is 19.4 Å². The van der Waals surface area contributed by atoms with E-state index in [1.807, 2.05) is 11.3 Å². The lowest BCUT2D eigenvalue weighted by Gasteiger charge is -2.17. The van der Waals surface area contributed by atoms with Gasteiger partial charge in [0.1, 0.15) is 0 Å². The molecule has 0 aliphatic rings. The summed E-state index contributed by atoms with van der Waals surface area (Å²) in [5, 5.41) is 3.55. The standard InChI is InChI=1S/C14H15Br2NS/c1-2-17-13(9-12-7-8-14(16)18-12)10-3-5-11(15)6-4-10/h3-8,13,17H,2,9H2,1H3. The molecule has 1 heterocycles. The van der Waals surface area contributed by atoms with E-state index in [1.165, 1.54) is 14.2 Å². The molecule has 0 aliphatic carbocycles. The van der Waals surface area contributed by atoms with Gasteiger partial charge in [-0.2, -0.15) is 0 Å². The van der Waals surface area contributed by atoms with Crippen LogP contribution in [0, 0.1) is 0 Å². The smallest absolute Gasteiger partial charge is 0.0701 e. The van der Waals surface area contributed by atoms with E-state index in [4.69, 9.17) is 0 Å². The molecule has 0 amide bonds. The van der Waals surface area contributed by atoms with Gasteiger partial charge >= 0.3 is 0 Å². The molecule has 1 aromatic heterocycles. The Bertz CT molecular complexity index is 493. The van der Waals surface area contributed by atoms with E-state index >= 15 is 0 Å². The predicted molar refractivity (Wildman–Crippen MR) is 86.3 cm³/mol. The molecule has 2 aromatic rings. The number of benzene rings is 1. The minimum atomic E-state index is 0.383. The second-order valence-electron chi connectivity index (χ2n) is 4.07. The lowest BCUT2D eigenvalue weighted by molar-refractivity contribution is 0.553. The molecule has 96 valence electrons. The summed E-state index contributed by atoms with van der Waals surface area (Å²) in [6, 6.07) is 13.3. The Morgan fingerprint density at radius 1 is 1.11 bits per heavy atom. The molecule has 18 heavy (non-hydrogen) atoms. The van der Waals surface area contributed by atoms with Crippen LogP contribution in [0.5, 0.6) is 0 Å². The zero-order chi connectivity index (χ0) is 13.0. The highest BCUT2D eigenvalue weighted by Crippen LogP contribution is 2.27. The summed E-state index contributed by atoms with van der Waals surface area (Å²) in [5.74, 6) is 0. The van der Waals surface area contributed by atoms with E-state index in [-0.39, 0.29) is 0 Å². The fraction of sp³-hybridized carbons (Fsp3) is 0.286. The third-order valence-electron chi connectivity index (χ3n) is 2.76. The van der Waals surface area contributed by atoms with E-state index in [9.17, 15) is 0 Å². The first-order valence-corrected chi connectivity index (χ1v) is 8.32. The number of nitrogens with one attached hydrogen (secondary N) is 1. The first-order chi connectivity index (χ1) is 8.69. The zero-order valence-electron chi connectivity index (χ0n) is 10.1. The zero-order valence-corrected chi connectivity index (χ0v) is 14.1. The normalized spacial score (nSPS) is 12.6. The van der Waals surface area contributed by atoms with Gasteiger partial charge < -0.3 is 5.32 Å². The van der Waals surface area contributed by atoms with Crippen LogP contribution >= 0.6 is 43.2 Å². The fourth-order valence-electron chi connectivity index (χ4n) is 1.91. The van der Waals surface area contributed by atoms with Crippen LogP contribution in [-0.2, 0) is 6.42 Å². The Hall–Kier alpha value is -0.160. The van der Waals surface area contributed by atoms with Crippen molar-refractivity contribution in [2.24, 2.45) is 0 Å². The number of rotatable bonds is 5. The molecular weight excluding hydrogens is 374 g/mol. The number of thiophene rings is 1. The Kier molecular flexibility index (Phi) is 5.42. The fourth-order valence-corrected chi connectivity index (χ4v) is 3.70. The molecule has 1 atom stereocenters. The van der Waals surface area contributed by atoms with E-state index in [0.717, 1.165) is 17.4 Å². The van der Waals surface area contributed by atoms with Crippen molar-refractivity contribution in [3.8, 4) is 0 Å². The number of hydrogen-bond acceptors (Lipinski definition) is 2. The quantitative estimate of drug-likeness (QED) is 0.745. The van der Waals surface area contributed by atoms with Gasteiger partial charge in [0.15, 0.2) is 0 Å². The molecule has 0 radical (unpaired) electrons. The molecule has 4 heteroatoms. The third kappa shape index (κ3) is 3.92. The number of hydrogen-bond donors (Lipinski definition) is 1. The minimum absolute atomic E-state index is 0.383. The van der Waals surface area contributed by atoms with Crippen LogP contribution in [0.3, 0.4) is 0 Å². The van der Waals surface area contributed by atoms with Crippen LogP contribution in [0.25, 0.3) is 0 Å². The van der Waals surface area contributed by atoms with Crippen molar-refractivity contribution in [3.63, 3.8) is 0 Å². The molecule has 1 aromatic carbocycles. The topological polar surface area (TPSA) is 12.0 Å². The van der Waals surface area contributed by atoms with Gasteiger partial charge in [-0.15, -0.1) is 11.3 Å². The van der Waals surface area contributed by atoms with Crippen LogP contribution in [0.15, 0.2) is 44.7 Å². The molecule has 1 N–H and O–H groups in total. The van der Waals surface area contributed by atoms with E-state index in [2.05, 4.69) is 80.5 Å². The van der Waals surface area contributed by atoms with Gasteiger partial charge in [0.05, 0.1) is 3.79 Å². The molecule has 0 spiro atoms. The average molecular weight is 389 g/mol. The molecule has 0 fully saturated rings. The van der Waals surface area contributed by atoms with E-state index in [0.29, 0.717) is 6.04 Å². The average Bonchev–Trinajstić information content (AvgIpc) is 2.75.